The van der Waals surface area contributed by atoms with Crippen molar-refractivity contribution in [3.05, 3.63) is 85.0 Å². The standard InChI is InChI=1S/C21H18BrN3O3S/c1-24-19(26)18(20(27)25(2)21(24)28)15-11-17(12-7-9-13(22)10-8-12)29-16-6-4-3-5-14(16)23-15/h3-10,17,26H,11H2,1-2H3/t17-/m0/s1. The van der Waals surface area contributed by atoms with Gasteiger partial charge in [-0.05, 0) is 29.8 Å². The third-order valence-electron chi connectivity index (χ3n) is 4.93. The largest absolute Gasteiger partial charge is 0.494 e. The van der Waals surface area contributed by atoms with Crippen LogP contribution in [-0.2, 0) is 14.1 Å². The monoisotopic (exact) mass is 471 g/mol. The first-order valence-electron chi connectivity index (χ1n) is 8.95. The number of aromatic hydroxyl groups is 1. The molecule has 0 saturated heterocycles. The number of aromatic nitrogens is 2. The van der Waals surface area contributed by atoms with Crippen LogP contribution in [0.5, 0.6) is 5.88 Å². The summed E-state index contributed by atoms with van der Waals surface area (Å²) in [6.07, 6.45) is 0.433. The van der Waals surface area contributed by atoms with Crippen LogP contribution < -0.4 is 11.2 Å². The molecule has 2 heterocycles. The maximum absolute atomic E-state index is 12.9. The van der Waals surface area contributed by atoms with Gasteiger partial charge in [0.25, 0.3) is 5.56 Å². The van der Waals surface area contributed by atoms with Crippen molar-refractivity contribution in [2.24, 2.45) is 19.1 Å². The zero-order chi connectivity index (χ0) is 20.7. The number of hydrogen-bond donors (Lipinski definition) is 1. The van der Waals surface area contributed by atoms with Crippen LogP contribution in [0.15, 0.2) is 72.5 Å². The van der Waals surface area contributed by atoms with Crippen molar-refractivity contribution in [3.8, 4) is 5.88 Å². The molecule has 148 valence electrons. The van der Waals surface area contributed by atoms with Crippen molar-refractivity contribution in [2.75, 3.05) is 0 Å². The number of nitrogens with zero attached hydrogens (tertiary/aromatic N) is 3. The van der Waals surface area contributed by atoms with Gasteiger partial charge in [0.15, 0.2) is 0 Å². The van der Waals surface area contributed by atoms with Crippen LogP contribution in [0, 0.1) is 0 Å². The van der Waals surface area contributed by atoms with E-state index >= 15 is 0 Å². The maximum atomic E-state index is 12.9. The summed E-state index contributed by atoms with van der Waals surface area (Å²) in [7, 11) is 2.84. The number of hydrogen-bond acceptors (Lipinski definition) is 5. The minimum absolute atomic E-state index is 0.00756. The first-order chi connectivity index (χ1) is 13.9. The van der Waals surface area contributed by atoms with Crippen molar-refractivity contribution in [3.63, 3.8) is 0 Å². The minimum atomic E-state index is -0.579. The molecule has 0 aliphatic carbocycles. The van der Waals surface area contributed by atoms with Crippen LogP contribution in [0.4, 0.5) is 5.69 Å². The Kier molecular flexibility index (Phi) is 5.23. The number of para-hydroxylation sites is 1. The van der Waals surface area contributed by atoms with Gasteiger partial charge in [0.1, 0.15) is 5.56 Å². The summed E-state index contributed by atoms with van der Waals surface area (Å²) in [6, 6.07) is 15.7. The summed E-state index contributed by atoms with van der Waals surface area (Å²) in [6.45, 7) is 0. The number of fused-ring (bicyclic) bond motifs is 1. The van der Waals surface area contributed by atoms with Gasteiger partial charge in [-0.15, -0.1) is 11.8 Å². The lowest BCUT2D eigenvalue weighted by molar-refractivity contribution is 0.410. The average molecular weight is 472 g/mol. The number of benzene rings is 2. The van der Waals surface area contributed by atoms with E-state index < -0.39 is 11.2 Å². The lowest BCUT2D eigenvalue weighted by atomic mass is 10.0. The second-order valence-corrected chi connectivity index (χ2v) is 8.95. The third-order valence-corrected chi connectivity index (χ3v) is 6.78. The molecule has 1 aliphatic rings. The fourth-order valence-corrected chi connectivity index (χ4v) is 4.81. The van der Waals surface area contributed by atoms with E-state index in [0.29, 0.717) is 12.1 Å². The number of rotatable bonds is 2. The lowest BCUT2D eigenvalue weighted by Gasteiger charge is -2.17. The minimum Gasteiger partial charge on any atom is -0.494 e. The van der Waals surface area contributed by atoms with Gasteiger partial charge in [0.2, 0.25) is 5.88 Å². The Labute approximate surface area is 179 Å². The van der Waals surface area contributed by atoms with Gasteiger partial charge >= 0.3 is 5.69 Å². The van der Waals surface area contributed by atoms with E-state index in [2.05, 4.69) is 15.9 Å². The highest BCUT2D eigenvalue weighted by molar-refractivity contribution is 9.10. The molecule has 0 spiro atoms. The molecule has 2 aromatic carbocycles. The molecule has 0 radical (unpaired) electrons. The smallest absolute Gasteiger partial charge is 0.333 e. The van der Waals surface area contributed by atoms with E-state index in [1.807, 2.05) is 48.5 Å². The van der Waals surface area contributed by atoms with Gasteiger partial charge in [0.05, 0.1) is 11.4 Å². The highest BCUT2D eigenvalue weighted by Crippen LogP contribution is 2.45. The van der Waals surface area contributed by atoms with E-state index in [9.17, 15) is 14.7 Å². The summed E-state index contributed by atoms with van der Waals surface area (Å²) in [5.41, 5.74) is 1.22. The van der Waals surface area contributed by atoms with Gasteiger partial charge in [-0.25, -0.2) is 4.79 Å². The number of aliphatic imine (C=N–C) groups is 1. The molecule has 1 aromatic heterocycles. The maximum Gasteiger partial charge on any atom is 0.333 e. The molecular weight excluding hydrogens is 454 g/mol. The van der Waals surface area contributed by atoms with Gasteiger partial charge in [-0.3, -0.25) is 18.9 Å². The molecule has 1 atom stereocenters. The molecule has 0 amide bonds. The molecule has 1 aliphatic heterocycles. The van der Waals surface area contributed by atoms with Crippen LogP contribution in [0.25, 0.3) is 0 Å². The highest BCUT2D eigenvalue weighted by Gasteiger charge is 2.27. The quantitative estimate of drug-likeness (QED) is 0.614. The molecule has 4 rings (SSSR count). The topological polar surface area (TPSA) is 76.6 Å². The Morgan fingerprint density at radius 2 is 1.76 bits per heavy atom. The molecular formula is C21H18BrN3O3S. The second kappa shape index (κ2) is 7.68. The van der Waals surface area contributed by atoms with Crippen LogP contribution in [-0.4, -0.2) is 20.0 Å². The van der Waals surface area contributed by atoms with Crippen molar-refractivity contribution >= 4 is 39.1 Å². The third kappa shape index (κ3) is 3.58. The predicted molar refractivity (Wildman–Crippen MR) is 119 cm³/mol. The van der Waals surface area contributed by atoms with E-state index in [1.54, 1.807) is 11.8 Å². The molecule has 3 aromatic rings. The molecule has 6 nitrogen and oxygen atoms in total. The first kappa shape index (κ1) is 19.7. The molecule has 1 N–H and O–H groups in total. The molecule has 0 unspecified atom stereocenters. The molecule has 8 heteroatoms. The fraction of sp³-hybridized carbons (Fsp3) is 0.190. The van der Waals surface area contributed by atoms with E-state index in [0.717, 1.165) is 29.8 Å². The fourth-order valence-electron chi connectivity index (χ4n) is 3.32. The second-order valence-electron chi connectivity index (χ2n) is 6.79. The summed E-state index contributed by atoms with van der Waals surface area (Å²) < 4.78 is 3.05. The summed E-state index contributed by atoms with van der Waals surface area (Å²) in [5.74, 6) is -0.365. The summed E-state index contributed by atoms with van der Waals surface area (Å²) >= 11 is 5.13. The summed E-state index contributed by atoms with van der Waals surface area (Å²) in [5, 5.41) is 10.6. The van der Waals surface area contributed by atoms with Crippen molar-refractivity contribution < 1.29 is 5.11 Å². The zero-order valence-corrected chi connectivity index (χ0v) is 18.2. The van der Waals surface area contributed by atoms with E-state index in [-0.39, 0.29) is 16.7 Å². The number of halogens is 1. The predicted octanol–water partition coefficient (Wildman–Crippen LogP) is 3.91. The lowest BCUT2D eigenvalue weighted by Crippen LogP contribution is -2.40. The van der Waals surface area contributed by atoms with Crippen LogP contribution in [0.3, 0.4) is 0 Å². The van der Waals surface area contributed by atoms with Crippen molar-refractivity contribution in [1.82, 2.24) is 9.13 Å². The Balaban J connectivity index is 1.93. The van der Waals surface area contributed by atoms with Crippen molar-refractivity contribution in [2.45, 2.75) is 16.6 Å². The molecule has 29 heavy (non-hydrogen) atoms. The normalized spacial score (nSPS) is 16.1. The number of thioether (sulfide) groups is 1. The van der Waals surface area contributed by atoms with Gasteiger partial charge < -0.3 is 5.11 Å². The van der Waals surface area contributed by atoms with Crippen LogP contribution in [0.1, 0.15) is 22.8 Å². The van der Waals surface area contributed by atoms with E-state index in [1.165, 1.54) is 14.1 Å². The van der Waals surface area contributed by atoms with Gasteiger partial charge in [0, 0.05) is 35.1 Å². The Hall–Kier alpha value is -2.58. The van der Waals surface area contributed by atoms with Gasteiger partial charge in [-0.1, -0.05) is 40.2 Å². The highest BCUT2D eigenvalue weighted by atomic mass is 79.9. The molecule has 0 saturated carbocycles. The van der Waals surface area contributed by atoms with Gasteiger partial charge in [-0.2, -0.15) is 0 Å². The van der Waals surface area contributed by atoms with Crippen LogP contribution in [0.2, 0.25) is 0 Å². The van der Waals surface area contributed by atoms with E-state index in [4.69, 9.17) is 4.99 Å². The zero-order valence-electron chi connectivity index (χ0n) is 15.8. The first-order valence-corrected chi connectivity index (χ1v) is 10.6. The average Bonchev–Trinajstić information content (AvgIpc) is 2.91. The Bertz CT molecular complexity index is 1250. The Morgan fingerprint density at radius 1 is 1.07 bits per heavy atom. The summed E-state index contributed by atoms with van der Waals surface area (Å²) in [4.78, 5) is 30.7. The Morgan fingerprint density at radius 3 is 2.48 bits per heavy atom. The molecule has 0 bridgehead atoms. The van der Waals surface area contributed by atoms with Crippen molar-refractivity contribution in [1.29, 1.82) is 0 Å². The van der Waals surface area contributed by atoms with Crippen LogP contribution >= 0.6 is 27.7 Å². The molecule has 0 fully saturated rings. The SMILES string of the molecule is Cn1c(O)c(C2=Nc3ccccc3S[C@H](c3ccc(Br)cc3)C2)c(=O)n(C)c1=O.